The van der Waals surface area contributed by atoms with Gasteiger partial charge in [-0.15, -0.1) is 0 Å². The van der Waals surface area contributed by atoms with Crippen LogP contribution in [0.3, 0.4) is 0 Å². The molecule has 0 atom stereocenters. The lowest BCUT2D eigenvalue weighted by Crippen LogP contribution is -2.42. The van der Waals surface area contributed by atoms with Gasteiger partial charge in [0.05, 0.1) is 12.0 Å². The molecule has 2 amide bonds. The lowest BCUT2D eigenvalue weighted by atomic mass is 10.1. The summed E-state index contributed by atoms with van der Waals surface area (Å²) >= 11 is 0. The number of nitrogens with zero attached hydrogens (tertiary/aromatic N) is 3. The molecule has 0 saturated carbocycles. The third-order valence-electron chi connectivity index (χ3n) is 5.29. The molecule has 10 nitrogen and oxygen atoms in total. The van der Waals surface area contributed by atoms with Gasteiger partial charge in [-0.3, -0.25) is 30.2 Å². The van der Waals surface area contributed by atoms with Crippen LogP contribution in [0.5, 0.6) is 11.5 Å². The molecular formula is C26H25N5O5. The summed E-state index contributed by atoms with van der Waals surface area (Å²) in [7, 11) is 0. The van der Waals surface area contributed by atoms with Crippen molar-refractivity contribution in [2.75, 3.05) is 6.61 Å². The van der Waals surface area contributed by atoms with E-state index in [4.69, 9.17) is 9.47 Å². The summed E-state index contributed by atoms with van der Waals surface area (Å²) in [5, 5.41) is 4.93. The number of pyridine rings is 1. The van der Waals surface area contributed by atoms with E-state index in [2.05, 4.69) is 20.9 Å². The van der Waals surface area contributed by atoms with E-state index in [0.29, 0.717) is 35.4 Å². The molecule has 2 heterocycles. The average molecular weight is 488 g/mol. The summed E-state index contributed by atoms with van der Waals surface area (Å²) in [6.07, 6.45) is 3.38. The fourth-order valence-corrected chi connectivity index (χ4v) is 3.54. The summed E-state index contributed by atoms with van der Waals surface area (Å²) in [6.45, 7) is 4.54. The van der Waals surface area contributed by atoms with Gasteiger partial charge < -0.3 is 9.47 Å². The molecular weight excluding hydrogens is 462 g/mol. The van der Waals surface area contributed by atoms with Crippen LogP contribution >= 0.6 is 0 Å². The van der Waals surface area contributed by atoms with Crippen LogP contribution in [0, 0.1) is 0 Å². The molecule has 0 radical (unpaired) electrons. The summed E-state index contributed by atoms with van der Waals surface area (Å²) < 4.78 is 12.7. The van der Waals surface area contributed by atoms with Crippen molar-refractivity contribution in [1.29, 1.82) is 0 Å². The van der Waals surface area contributed by atoms with Gasteiger partial charge in [-0.1, -0.05) is 24.3 Å². The fraction of sp³-hybridized carbons (Fsp3) is 0.192. The SMILES string of the molecule is CCOc1cc(C(=O)NNC(=O)c2nn(CC)c(=O)c3ccccc23)ccc1OCc1cccnc1. The number of ether oxygens (including phenoxy) is 2. The van der Waals surface area contributed by atoms with Crippen molar-refractivity contribution in [3.63, 3.8) is 0 Å². The molecule has 4 aromatic rings. The molecule has 10 heteroatoms. The second-order valence-corrected chi connectivity index (χ2v) is 7.67. The Bertz CT molecular complexity index is 1450. The number of aromatic nitrogens is 3. The second kappa shape index (κ2) is 11.1. The molecule has 0 aliphatic heterocycles. The third-order valence-corrected chi connectivity index (χ3v) is 5.29. The van der Waals surface area contributed by atoms with Crippen molar-refractivity contribution in [3.8, 4) is 11.5 Å². The Kier molecular flexibility index (Phi) is 7.54. The number of aryl methyl sites for hydroxylation is 1. The molecule has 2 aromatic heterocycles. The molecule has 0 spiro atoms. The smallest absolute Gasteiger partial charge is 0.290 e. The van der Waals surface area contributed by atoms with Crippen LogP contribution in [0.2, 0.25) is 0 Å². The van der Waals surface area contributed by atoms with Crippen LogP contribution in [0.4, 0.5) is 0 Å². The maximum atomic E-state index is 12.9. The minimum Gasteiger partial charge on any atom is -0.490 e. The van der Waals surface area contributed by atoms with Gasteiger partial charge >= 0.3 is 0 Å². The number of rotatable bonds is 8. The monoisotopic (exact) mass is 487 g/mol. The topological polar surface area (TPSA) is 124 Å². The fourth-order valence-electron chi connectivity index (χ4n) is 3.54. The van der Waals surface area contributed by atoms with Crippen molar-refractivity contribution in [1.82, 2.24) is 25.6 Å². The zero-order valence-corrected chi connectivity index (χ0v) is 19.9. The second-order valence-electron chi connectivity index (χ2n) is 7.67. The third kappa shape index (κ3) is 5.33. The van der Waals surface area contributed by atoms with Gasteiger partial charge in [0, 0.05) is 35.5 Å². The van der Waals surface area contributed by atoms with E-state index in [1.54, 1.807) is 55.7 Å². The number of hydrogen-bond donors (Lipinski definition) is 2. The Hall–Kier alpha value is -4.73. The lowest BCUT2D eigenvalue weighted by molar-refractivity contribution is 0.0843. The van der Waals surface area contributed by atoms with Crippen LogP contribution in [-0.4, -0.2) is 33.2 Å². The van der Waals surface area contributed by atoms with Gasteiger partial charge in [0.1, 0.15) is 6.61 Å². The van der Waals surface area contributed by atoms with E-state index in [9.17, 15) is 14.4 Å². The van der Waals surface area contributed by atoms with Gasteiger partial charge in [0.15, 0.2) is 17.2 Å². The standard InChI is InChI=1S/C26H25N5O5/c1-3-31-26(34)20-10-6-5-9-19(20)23(30-31)25(33)29-28-24(32)18-11-12-21(22(14-18)35-4-2)36-16-17-8-7-13-27-15-17/h5-15H,3-4,16H2,1-2H3,(H,28,32)(H,29,33). The number of amides is 2. The minimum absolute atomic E-state index is 0.0292. The highest BCUT2D eigenvalue weighted by molar-refractivity contribution is 6.06. The van der Waals surface area contributed by atoms with E-state index < -0.39 is 11.8 Å². The first kappa shape index (κ1) is 24.4. The van der Waals surface area contributed by atoms with Crippen molar-refractivity contribution in [2.45, 2.75) is 27.0 Å². The molecule has 0 aliphatic rings. The van der Waals surface area contributed by atoms with Crippen molar-refractivity contribution >= 4 is 22.6 Å². The highest BCUT2D eigenvalue weighted by Crippen LogP contribution is 2.29. The van der Waals surface area contributed by atoms with E-state index in [1.165, 1.54) is 10.7 Å². The number of fused-ring (bicyclic) bond motifs is 1. The first-order chi connectivity index (χ1) is 17.5. The van der Waals surface area contributed by atoms with Gasteiger partial charge in [-0.25, -0.2) is 4.68 Å². The van der Waals surface area contributed by atoms with E-state index in [0.717, 1.165) is 5.56 Å². The Labute approximate surface area is 206 Å². The number of benzene rings is 2. The van der Waals surface area contributed by atoms with Gasteiger partial charge in [-0.2, -0.15) is 5.10 Å². The van der Waals surface area contributed by atoms with Gasteiger partial charge in [0.25, 0.3) is 17.4 Å². The highest BCUT2D eigenvalue weighted by atomic mass is 16.5. The number of nitrogens with one attached hydrogen (secondary N) is 2. The molecule has 4 rings (SSSR count). The highest BCUT2D eigenvalue weighted by Gasteiger charge is 2.18. The molecule has 36 heavy (non-hydrogen) atoms. The molecule has 0 saturated heterocycles. The summed E-state index contributed by atoms with van der Waals surface area (Å²) in [6, 6.07) is 15.1. The van der Waals surface area contributed by atoms with Crippen molar-refractivity contribution in [3.05, 3.63) is 94.2 Å². The molecule has 0 aliphatic carbocycles. The first-order valence-electron chi connectivity index (χ1n) is 11.4. The molecule has 0 fully saturated rings. The average Bonchev–Trinajstić information content (AvgIpc) is 2.92. The summed E-state index contributed by atoms with van der Waals surface area (Å²) in [5.41, 5.74) is 5.65. The Morgan fingerprint density at radius 2 is 1.69 bits per heavy atom. The van der Waals surface area contributed by atoms with Crippen LogP contribution in [-0.2, 0) is 13.2 Å². The normalized spacial score (nSPS) is 10.6. The molecule has 0 unspecified atom stereocenters. The Morgan fingerprint density at radius 1 is 0.917 bits per heavy atom. The predicted molar refractivity (Wildman–Crippen MR) is 133 cm³/mol. The number of carbonyl (C=O) groups is 2. The molecule has 0 bridgehead atoms. The largest absolute Gasteiger partial charge is 0.490 e. The Balaban J connectivity index is 1.49. The predicted octanol–water partition coefficient (Wildman–Crippen LogP) is 2.86. The van der Waals surface area contributed by atoms with Crippen LogP contribution < -0.4 is 25.9 Å². The van der Waals surface area contributed by atoms with Gasteiger partial charge in [0.2, 0.25) is 0 Å². The van der Waals surface area contributed by atoms with E-state index in [-0.39, 0.29) is 23.4 Å². The van der Waals surface area contributed by atoms with Crippen LogP contribution in [0.15, 0.2) is 71.8 Å². The lowest BCUT2D eigenvalue weighted by Gasteiger charge is -2.14. The number of hydrogen-bond acceptors (Lipinski definition) is 7. The number of carbonyl (C=O) groups excluding carboxylic acids is 2. The minimum atomic E-state index is -0.650. The van der Waals surface area contributed by atoms with Crippen LogP contribution in [0.1, 0.15) is 40.3 Å². The zero-order chi connectivity index (χ0) is 25.5. The number of hydrazine groups is 1. The Morgan fingerprint density at radius 3 is 2.42 bits per heavy atom. The van der Waals surface area contributed by atoms with Crippen LogP contribution in [0.25, 0.3) is 10.8 Å². The molecule has 2 aromatic carbocycles. The van der Waals surface area contributed by atoms with Crippen molar-refractivity contribution < 1.29 is 19.1 Å². The van der Waals surface area contributed by atoms with Gasteiger partial charge in [-0.05, 0) is 44.2 Å². The van der Waals surface area contributed by atoms with Crippen molar-refractivity contribution in [2.24, 2.45) is 0 Å². The summed E-state index contributed by atoms with van der Waals surface area (Å²) in [5.74, 6) is -0.346. The molecule has 184 valence electrons. The maximum absolute atomic E-state index is 12.9. The van der Waals surface area contributed by atoms with E-state index in [1.807, 2.05) is 19.1 Å². The first-order valence-corrected chi connectivity index (χ1v) is 11.4. The maximum Gasteiger partial charge on any atom is 0.290 e. The summed E-state index contributed by atoms with van der Waals surface area (Å²) in [4.78, 5) is 42.2. The quantitative estimate of drug-likeness (QED) is 0.366. The zero-order valence-electron chi connectivity index (χ0n) is 19.9. The van der Waals surface area contributed by atoms with E-state index >= 15 is 0 Å². The molecule has 2 N–H and O–H groups in total.